The first kappa shape index (κ1) is 16.5. The van der Waals surface area contributed by atoms with Crippen LogP contribution in [-0.2, 0) is 6.54 Å². The van der Waals surface area contributed by atoms with Crippen LogP contribution in [0.4, 0.5) is 0 Å². The van der Waals surface area contributed by atoms with Crippen LogP contribution in [-0.4, -0.2) is 41.2 Å². The van der Waals surface area contributed by atoms with Crippen molar-refractivity contribution in [3.8, 4) is 6.07 Å². The minimum absolute atomic E-state index is 0.0223. The van der Waals surface area contributed by atoms with E-state index in [1.165, 1.54) is 10.5 Å². The fraction of sp³-hybridized carbons (Fsp3) is 0.286. The van der Waals surface area contributed by atoms with Gasteiger partial charge in [0.05, 0.1) is 23.1 Å². The third kappa shape index (κ3) is 2.89. The van der Waals surface area contributed by atoms with Crippen molar-refractivity contribution >= 4 is 11.8 Å². The number of rotatable bonds is 4. The number of benzene rings is 2. The number of carbonyl (C=O) groups is 2. The first-order chi connectivity index (χ1) is 12.7. The molecule has 130 valence electrons. The second kappa shape index (κ2) is 6.74. The van der Waals surface area contributed by atoms with Crippen molar-refractivity contribution in [2.45, 2.75) is 6.54 Å². The van der Waals surface area contributed by atoms with Gasteiger partial charge in [-0.05, 0) is 17.7 Å². The Kier molecular flexibility index (Phi) is 4.27. The monoisotopic (exact) mass is 345 g/mol. The van der Waals surface area contributed by atoms with Crippen LogP contribution in [0.5, 0.6) is 0 Å². The zero-order valence-corrected chi connectivity index (χ0v) is 14.3. The Morgan fingerprint density at radius 1 is 0.923 bits per heavy atom. The second-order valence-corrected chi connectivity index (χ2v) is 6.94. The third-order valence-electron chi connectivity index (χ3n) is 5.23. The van der Waals surface area contributed by atoms with Gasteiger partial charge in [0.25, 0.3) is 11.8 Å². The molecular formula is C21H19N3O2. The molecule has 2 unspecified atom stereocenters. The van der Waals surface area contributed by atoms with E-state index in [2.05, 4.69) is 23.1 Å². The van der Waals surface area contributed by atoms with E-state index in [0.29, 0.717) is 30.8 Å². The van der Waals surface area contributed by atoms with Gasteiger partial charge in [-0.2, -0.15) is 5.26 Å². The lowest BCUT2D eigenvalue weighted by Crippen LogP contribution is -2.37. The number of likely N-dealkylation sites (tertiary alicyclic amines) is 1. The minimum Gasteiger partial charge on any atom is -0.297 e. The van der Waals surface area contributed by atoms with Crippen LogP contribution >= 0.6 is 0 Å². The molecule has 5 nitrogen and oxygen atoms in total. The number of nitriles is 1. The number of hydrogen-bond donors (Lipinski definition) is 0. The van der Waals surface area contributed by atoms with E-state index < -0.39 is 0 Å². The lowest BCUT2D eigenvalue weighted by Gasteiger charge is -2.20. The van der Waals surface area contributed by atoms with E-state index in [1.54, 1.807) is 24.3 Å². The Balaban J connectivity index is 1.47. The highest BCUT2D eigenvalue weighted by molar-refractivity contribution is 6.21. The van der Waals surface area contributed by atoms with Crippen LogP contribution < -0.4 is 0 Å². The number of nitrogens with zero attached hydrogens (tertiary/aromatic N) is 3. The molecule has 2 heterocycles. The summed E-state index contributed by atoms with van der Waals surface area (Å²) in [6.45, 7) is 2.45. The van der Waals surface area contributed by atoms with Gasteiger partial charge < -0.3 is 0 Å². The molecule has 0 saturated carbocycles. The summed E-state index contributed by atoms with van der Waals surface area (Å²) in [5, 5.41) is 9.53. The predicted molar refractivity (Wildman–Crippen MR) is 96.1 cm³/mol. The molecule has 2 aromatic rings. The van der Waals surface area contributed by atoms with Gasteiger partial charge in [0.1, 0.15) is 0 Å². The zero-order valence-electron chi connectivity index (χ0n) is 14.3. The van der Waals surface area contributed by atoms with Gasteiger partial charge in [0.2, 0.25) is 0 Å². The van der Waals surface area contributed by atoms with Gasteiger partial charge in [0, 0.05) is 32.1 Å². The molecule has 0 bridgehead atoms. The van der Waals surface area contributed by atoms with Gasteiger partial charge in [0.15, 0.2) is 0 Å². The largest absolute Gasteiger partial charge is 0.297 e. The fourth-order valence-corrected chi connectivity index (χ4v) is 3.90. The summed E-state index contributed by atoms with van der Waals surface area (Å²) < 4.78 is 0. The molecule has 1 fully saturated rings. The Labute approximate surface area is 152 Å². The predicted octanol–water partition coefficient (Wildman–Crippen LogP) is 2.55. The van der Waals surface area contributed by atoms with Crippen molar-refractivity contribution in [1.82, 2.24) is 9.80 Å². The molecule has 4 rings (SSSR count). The molecule has 0 radical (unpaired) electrons. The molecule has 5 heteroatoms. The van der Waals surface area contributed by atoms with Crippen molar-refractivity contribution in [1.29, 1.82) is 5.26 Å². The summed E-state index contributed by atoms with van der Waals surface area (Å²) in [4.78, 5) is 28.7. The summed E-state index contributed by atoms with van der Waals surface area (Å²) in [5.41, 5.74) is 2.13. The smallest absolute Gasteiger partial charge is 0.261 e. The summed E-state index contributed by atoms with van der Waals surface area (Å²) in [7, 11) is 0. The maximum Gasteiger partial charge on any atom is 0.261 e. The Morgan fingerprint density at radius 2 is 1.54 bits per heavy atom. The van der Waals surface area contributed by atoms with Crippen LogP contribution in [0.2, 0.25) is 0 Å². The molecule has 2 aliphatic heterocycles. The molecule has 0 N–H and O–H groups in total. The fourth-order valence-electron chi connectivity index (χ4n) is 3.90. The molecule has 2 aliphatic rings. The van der Waals surface area contributed by atoms with Gasteiger partial charge in [-0.15, -0.1) is 0 Å². The van der Waals surface area contributed by atoms with Gasteiger partial charge in [-0.25, -0.2) is 0 Å². The van der Waals surface area contributed by atoms with E-state index in [-0.39, 0.29) is 23.7 Å². The number of carbonyl (C=O) groups excluding carboxylic acids is 2. The molecule has 1 saturated heterocycles. The van der Waals surface area contributed by atoms with Crippen molar-refractivity contribution in [3.63, 3.8) is 0 Å². The molecule has 0 aliphatic carbocycles. The van der Waals surface area contributed by atoms with Crippen LogP contribution in [0.15, 0.2) is 54.6 Å². The Hall–Kier alpha value is -2.97. The highest BCUT2D eigenvalue weighted by Crippen LogP contribution is 2.29. The van der Waals surface area contributed by atoms with Crippen molar-refractivity contribution in [2.24, 2.45) is 11.8 Å². The van der Waals surface area contributed by atoms with Crippen LogP contribution in [0.1, 0.15) is 26.3 Å². The molecule has 26 heavy (non-hydrogen) atoms. The highest BCUT2D eigenvalue weighted by Gasteiger charge is 2.40. The topological polar surface area (TPSA) is 64.4 Å². The number of fused-ring (bicyclic) bond motifs is 1. The average molecular weight is 345 g/mol. The molecule has 0 spiro atoms. The SMILES string of the molecule is N#CC1CN(Cc2ccccc2)CC1CN1C(=O)c2ccccc2C1=O. The average Bonchev–Trinajstić information content (AvgIpc) is 3.17. The zero-order chi connectivity index (χ0) is 18.1. The summed E-state index contributed by atoms with van der Waals surface area (Å²) in [6, 6.07) is 19.4. The maximum atomic E-state index is 12.6. The number of imide groups is 1. The lowest BCUT2D eigenvalue weighted by molar-refractivity contribution is 0.0625. The normalized spacial score (nSPS) is 22.5. The lowest BCUT2D eigenvalue weighted by atomic mass is 9.97. The van der Waals surface area contributed by atoms with Crippen LogP contribution in [0, 0.1) is 23.2 Å². The Bertz CT molecular complexity index is 853. The molecular weight excluding hydrogens is 326 g/mol. The maximum absolute atomic E-state index is 12.6. The van der Waals surface area contributed by atoms with Crippen LogP contribution in [0.25, 0.3) is 0 Å². The number of amides is 2. The highest BCUT2D eigenvalue weighted by atomic mass is 16.2. The van der Waals surface area contributed by atoms with Crippen molar-refractivity contribution < 1.29 is 9.59 Å². The Morgan fingerprint density at radius 3 is 2.15 bits per heavy atom. The molecule has 2 atom stereocenters. The van der Waals surface area contributed by atoms with E-state index >= 15 is 0 Å². The van der Waals surface area contributed by atoms with Gasteiger partial charge >= 0.3 is 0 Å². The molecule has 0 aromatic heterocycles. The first-order valence-electron chi connectivity index (χ1n) is 8.78. The van der Waals surface area contributed by atoms with Crippen LogP contribution in [0.3, 0.4) is 0 Å². The van der Waals surface area contributed by atoms with Gasteiger partial charge in [-0.3, -0.25) is 19.4 Å². The van der Waals surface area contributed by atoms with E-state index in [1.807, 2.05) is 18.2 Å². The van der Waals surface area contributed by atoms with Crippen molar-refractivity contribution in [2.75, 3.05) is 19.6 Å². The molecule has 2 amide bonds. The summed E-state index contributed by atoms with van der Waals surface area (Å²) >= 11 is 0. The quantitative estimate of drug-likeness (QED) is 0.799. The molecule has 2 aromatic carbocycles. The van der Waals surface area contributed by atoms with Gasteiger partial charge in [-0.1, -0.05) is 42.5 Å². The van der Waals surface area contributed by atoms with E-state index in [0.717, 1.165) is 6.54 Å². The summed E-state index contributed by atoms with van der Waals surface area (Å²) in [6.07, 6.45) is 0. The standard InChI is InChI=1S/C21H19N3O2/c22-10-16-12-23(11-15-6-2-1-3-7-15)13-17(16)14-24-20(25)18-8-4-5-9-19(18)21(24)26/h1-9,16-17H,11-14H2. The van der Waals surface area contributed by atoms with Crippen molar-refractivity contribution in [3.05, 3.63) is 71.3 Å². The third-order valence-corrected chi connectivity index (χ3v) is 5.23. The van der Waals surface area contributed by atoms with E-state index in [4.69, 9.17) is 0 Å². The second-order valence-electron chi connectivity index (χ2n) is 6.94. The minimum atomic E-state index is -0.246. The van der Waals surface area contributed by atoms with E-state index in [9.17, 15) is 14.9 Å². The summed E-state index contributed by atoms with van der Waals surface area (Å²) in [5.74, 6) is -0.693. The number of hydrogen-bond acceptors (Lipinski definition) is 4. The first-order valence-corrected chi connectivity index (χ1v) is 8.78.